The van der Waals surface area contributed by atoms with Crippen molar-refractivity contribution in [2.45, 2.75) is 25.8 Å². The molecule has 0 aromatic carbocycles. The number of aliphatic hydroxyl groups excluding tert-OH is 1. The van der Waals surface area contributed by atoms with Gasteiger partial charge in [0.1, 0.15) is 4.60 Å². The molecule has 0 atom stereocenters. The van der Waals surface area contributed by atoms with Crippen molar-refractivity contribution in [3.8, 4) is 0 Å². The van der Waals surface area contributed by atoms with Gasteiger partial charge in [-0.3, -0.25) is 0 Å². The third-order valence-electron chi connectivity index (χ3n) is 3.18. The Bertz CT molecular complexity index is 353. The van der Waals surface area contributed by atoms with Crippen molar-refractivity contribution in [1.29, 1.82) is 0 Å². The second-order valence-corrected chi connectivity index (χ2v) is 5.34. The van der Waals surface area contributed by atoms with E-state index in [2.05, 4.69) is 26.2 Å². The molecule has 2 N–H and O–H groups in total. The van der Waals surface area contributed by atoms with Crippen LogP contribution in [0.15, 0.2) is 22.8 Å². The summed E-state index contributed by atoms with van der Waals surface area (Å²) >= 11 is 3.36. The second kappa shape index (κ2) is 5.25. The van der Waals surface area contributed by atoms with Gasteiger partial charge in [-0.05, 0) is 52.7 Å². The van der Waals surface area contributed by atoms with E-state index in [9.17, 15) is 0 Å². The molecule has 2 rings (SSSR count). The van der Waals surface area contributed by atoms with Crippen LogP contribution in [0.2, 0.25) is 0 Å². The molecule has 1 heterocycles. The SMILES string of the molecule is OCCC1(CNCc2cccc(Br)n2)CC1. The largest absolute Gasteiger partial charge is 0.396 e. The van der Waals surface area contributed by atoms with E-state index in [1.54, 1.807) is 0 Å². The number of aliphatic hydroxyl groups is 1. The summed E-state index contributed by atoms with van der Waals surface area (Å²) in [5.41, 5.74) is 1.43. The van der Waals surface area contributed by atoms with Gasteiger partial charge < -0.3 is 10.4 Å². The van der Waals surface area contributed by atoms with Crippen molar-refractivity contribution in [2.75, 3.05) is 13.2 Å². The molecule has 0 unspecified atom stereocenters. The molecule has 0 aliphatic heterocycles. The lowest BCUT2D eigenvalue weighted by Gasteiger charge is -2.14. The summed E-state index contributed by atoms with van der Waals surface area (Å²) in [4.78, 5) is 4.36. The van der Waals surface area contributed by atoms with Gasteiger partial charge >= 0.3 is 0 Å². The van der Waals surface area contributed by atoms with Gasteiger partial charge in [0.25, 0.3) is 0 Å². The van der Waals surface area contributed by atoms with E-state index in [1.807, 2.05) is 18.2 Å². The molecule has 16 heavy (non-hydrogen) atoms. The minimum Gasteiger partial charge on any atom is -0.396 e. The third kappa shape index (κ3) is 3.27. The van der Waals surface area contributed by atoms with Crippen LogP contribution in [-0.4, -0.2) is 23.2 Å². The van der Waals surface area contributed by atoms with E-state index in [0.29, 0.717) is 12.0 Å². The van der Waals surface area contributed by atoms with E-state index in [-0.39, 0.29) is 0 Å². The van der Waals surface area contributed by atoms with E-state index >= 15 is 0 Å². The lowest BCUT2D eigenvalue weighted by molar-refractivity contribution is 0.245. The monoisotopic (exact) mass is 284 g/mol. The zero-order valence-electron chi connectivity index (χ0n) is 9.25. The summed E-state index contributed by atoms with van der Waals surface area (Å²) in [6, 6.07) is 5.94. The smallest absolute Gasteiger partial charge is 0.106 e. The molecule has 0 saturated heterocycles. The molecule has 1 aliphatic rings. The topological polar surface area (TPSA) is 45.1 Å². The maximum absolute atomic E-state index is 8.95. The number of nitrogens with one attached hydrogen (secondary N) is 1. The van der Waals surface area contributed by atoms with E-state index in [1.165, 1.54) is 12.8 Å². The van der Waals surface area contributed by atoms with Crippen molar-refractivity contribution >= 4 is 15.9 Å². The molecule has 0 amide bonds. The first-order chi connectivity index (χ1) is 7.74. The van der Waals surface area contributed by atoms with Gasteiger partial charge in [-0.15, -0.1) is 0 Å². The van der Waals surface area contributed by atoms with Crippen molar-refractivity contribution in [3.05, 3.63) is 28.5 Å². The highest BCUT2D eigenvalue weighted by atomic mass is 79.9. The van der Waals surface area contributed by atoms with Gasteiger partial charge in [-0.1, -0.05) is 6.07 Å². The van der Waals surface area contributed by atoms with E-state index in [4.69, 9.17) is 5.11 Å². The quantitative estimate of drug-likeness (QED) is 0.787. The fourth-order valence-corrected chi connectivity index (χ4v) is 2.31. The van der Waals surface area contributed by atoms with Gasteiger partial charge in [-0.25, -0.2) is 4.98 Å². The van der Waals surface area contributed by atoms with Crippen LogP contribution in [-0.2, 0) is 6.54 Å². The first-order valence-corrected chi connectivity index (χ1v) is 6.46. The number of halogens is 1. The molecule has 0 radical (unpaired) electrons. The molecular weight excluding hydrogens is 268 g/mol. The van der Waals surface area contributed by atoms with Gasteiger partial charge in [0.15, 0.2) is 0 Å². The highest BCUT2D eigenvalue weighted by Gasteiger charge is 2.41. The van der Waals surface area contributed by atoms with E-state index in [0.717, 1.165) is 29.8 Å². The molecule has 1 aromatic rings. The molecule has 0 spiro atoms. The van der Waals surface area contributed by atoms with Crippen LogP contribution >= 0.6 is 15.9 Å². The Balaban J connectivity index is 1.76. The molecule has 0 bridgehead atoms. The van der Waals surface area contributed by atoms with Gasteiger partial charge in [0, 0.05) is 19.7 Å². The molecule has 88 valence electrons. The Hall–Kier alpha value is -0.450. The third-order valence-corrected chi connectivity index (χ3v) is 3.62. The minimum absolute atomic E-state index is 0.302. The molecular formula is C12H17BrN2O. The molecule has 1 fully saturated rings. The molecule has 4 heteroatoms. The van der Waals surface area contributed by atoms with Crippen LogP contribution in [0.5, 0.6) is 0 Å². The van der Waals surface area contributed by atoms with Gasteiger partial charge in [0.05, 0.1) is 5.69 Å². The molecule has 1 aromatic heterocycles. The summed E-state index contributed by atoms with van der Waals surface area (Å²) in [6.07, 6.45) is 3.41. The first kappa shape index (κ1) is 12.0. The number of aromatic nitrogens is 1. The predicted molar refractivity (Wildman–Crippen MR) is 67.0 cm³/mol. The maximum Gasteiger partial charge on any atom is 0.106 e. The second-order valence-electron chi connectivity index (χ2n) is 4.53. The van der Waals surface area contributed by atoms with Gasteiger partial charge in [-0.2, -0.15) is 0 Å². The number of hydrogen-bond donors (Lipinski definition) is 2. The van der Waals surface area contributed by atoms with Crippen LogP contribution in [0.1, 0.15) is 25.0 Å². The van der Waals surface area contributed by atoms with Crippen LogP contribution in [0.3, 0.4) is 0 Å². The summed E-state index contributed by atoms with van der Waals surface area (Å²) in [6.45, 7) is 2.09. The van der Waals surface area contributed by atoms with Crippen molar-refractivity contribution in [1.82, 2.24) is 10.3 Å². The highest BCUT2D eigenvalue weighted by Crippen LogP contribution is 2.47. The Labute approximate surface area is 104 Å². The minimum atomic E-state index is 0.302. The fourth-order valence-electron chi connectivity index (χ4n) is 1.93. The molecule has 3 nitrogen and oxygen atoms in total. The first-order valence-electron chi connectivity index (χ1n) is 5.67. The average Bonchev–Trinajstić information content (AvgIpc) is 2.99. The van der Waals surface area contributed by atoms with E-state index < -0.39 is 0 Å². The number of pyridine rings is 1. The predicted octanol–water partition coefficient (Wildman–Crippen LogP) is 2.10. The maximum atomic E-state index is 8.95. The Kier molecular flexibility index (Phi) is 3.95. The van der Waals surface area contributed by atoms with Crippen LogP contribution in [0.25, 0.3) is 0 Å². The van der Waals surface area contributed by atoms with Crippen molar-refractivity contribution in [2.24, 2.45) is 5.41 Å². The number of nitrogens with zero attached hydrogens (tertiary/aromatic N) is 1. The lowest BCUT2D eigenvalue weighted by Crippen LogP contribution is -2.24. The highest BCUT2D eigenvalue weighted by molar-refractivity contribution is 9.10. The summed E-state index contributed by atoms with van der Waals surface area (Å²) in [5, 5.41) is 12.4. The standard InChI is InChI=1S/C12H17BrN2O/c13-11-3-1-2-10(15-11)8-14-9-12(4-5-12)6-7-16/h1-3,14,16H,4-9H2. The average molecular weight is 285 g/mol. The fraction of sp³-hybridized carbons (Fsp3) is 0.583. The molecule has 1 aliphatic carbocycles. The summed E-state index contributed by atoms with van der Waals surface area (Å²) in [5.74, 6) is 0. The van der Waals surface area contributed by atoms with Crippen LogP contribution in [0.4, 0.5) is 0 Å². The van der Waals surface area contributed by atoms with Gasteiger partial charge in [0.2, 0.25) is 0 Å². The lowest BCUT2D eigenvalue weighted by atomic mass is 10.0. The zero-order valence-corrected chi connectivity index (χ0v) is 10.8. The van der Waals surface area contributed by atoms with Crippen LogP contribution < -0.4 is 5.32 Å². The number of hydrogen-bond acceptors (Lipinski definition) is 3. The van der Waals surface area contributed by atoms with Crippen molar-refractivity contribution in [3.63, 3.8) is 0 Å². The van der Waals surface area contributed by atoms with Crippen LogP contribution in [0, 0.1) is 5.41 Å². The summed E-state index contributed by atoms with van der Waals surface area (Å²) < 4.78 is 0.878. The van der Waals surface area contributed by atoms with Crippen molar-refractivity contribution < 1.29 is 5.11 Å². The normalized spacial score (nSPS) is 17.4. The molecule has 1 saturated carbocycles. The number of rotatable bonds is 6. The Morgan fingerprint density at radius 2 is 2.25 bits per heavy atom. The zero-order chi connectivity index (χ0) is 11.4. The Morgan fingerprint density at radius 1 is 1.44 bits per heavy atom. The Morgan fingerprint density at radius 3 is 2.88 bits per heavy atom. The summed E-state index contributed by atoms with van der Waals surface area (Å²) in [7, 11) is 0.